The molecule has 146 valence electrons. The minimum absolute atomic E-state index is 0.173. The molecule has 0 amide bonds. The monoisotopic (exact) mass is 375 g/mol. The smallest absolute Gasteiger partial charge is 0.123 e. The van der Waals surface area contributed by atoms with Gasteiger partial charge in [-0.05, 0) is 67.9 Å². The van der Waals surface area contributed by atoms with E-state index in [0.717, 1.165) is 44.2 Å². The van der Waals surface area contributed by atoms with E-state index >= 15 is 0 Å². The van der Waals surface area contributed by atoms with Crippen molar-refractivity contribution >= 4 is 5.57 Å². The first-order valence-electron chi connectivity index (χ1n) is 10.1. The Bertz CT molecular complexity index is 830. The van der Waals surface area contributed by atoms with Gasteiger partial charge in [0.25, 0.3) is 0 Å². The minimum atomic E-state index is -0.173. The summed E-state index contributed by atoms with van der Waals surface area (Å²) in [6, 6.07) is 16.0. The number of hydrogen-bond donors (Lipinski definition) is 0. The summed E-state index contributed by atoms with van der Waals surface area (Å²) in [5.41, 5.74) is 6.08. The Hall–Kier alpha value is -2.61. The van der Waals surface area contributed by atoms with Crippen LogP contribution in [-0.4, -0.2) is 17.5 Å². The molecule has 1 fully saturated rings. The first-order chi connectivity index (χ1) is 13.5. The minimum Gasteiger partial charge on any atom is -0.369 e. The average molecular weight is 376 g/mol. The first kappa shape index (κ1) is 20.1. The molecule has 2 heteroatoms. The zero-order chi connectivity index (χ0) is 19.9. The molecule has 28 heavy (non-hydrogen) atoms. The van der Waals surface area contributed by atoms with Crippen molar-refractivity contribution in [3.8, 4) is 0 Å². The van der Waals surface area contributed by atoms with Gasteiger partial charge in [0.2, 0.25) is 0 Å². The molecule has 0 spiro atoms. The molecule has 3 rings (SSSR count). The van der Waals surface area contributed by atoms with Gasteiger partial charge in [0.15, 0.2) is 0 Å². The number of nitrogens with zero attached hydrogens (tertiary/aromatic N) is 1. The fraction of sp³-hybridized carbons (Fsp3) is 0.308. The van der Waals surface area contributed by atoms with Crippen molar-refractivity contribution in [2.75, 3.05) is 6.54 Å². The molecule has 0 aromatic heterocycles. The number of benzene rings is 2. The van der Waals surface area contributed by atoms with Crippen molar-refractivity contribution < 1.29 is 4.39 Å². The fourth-order valence-electron chi connectivity index (χ4n) is 3.73. The normalized spacial score (nSPS) is 16.9. The van der Waals surface area contributed by atoms with Crippen LogP contribution in [0.15, 0.2) is 79.5 Å². The van der Waals surface area contributed by atoms with E-state index < -0.39 is 0 Å². The Kier molecular flexibility index (Phi) is 6.86. The quantitative estimate of drug-likeness (QED) is 0.472. The number of halogens is 1. The van der Waals surface area contributed by atoms with Gasteiger partial charge in [-0.3, -0.25) is 0 Å². The summed E-state index contributed by atoms with van der Waals surface area (Å²) in [6.45, 7) is 11.3. The molecule has 2 aromatic rings. The molecular weight excluding hydrogens is 345 g/mol. The van der Waals surface area contributed by atoms with Gasteiger partial charge in [-0.15, -0.1) is 0 Å². The Labute approximate surface area is 168 Å². The van der Waals surface area contributed by atoms with Crippen LogP contribution in [0, 0.1) is 5.82 Å². The highest BCUT2D eigenvalue weighted by Crippen LogP contribution is 2.27. The highest BCUT2D eigenvalue weighted by atomic mass is 19.1. The maximum absolute atomic E-state index is 13.0. The van der Waals surface area contributed by atoms with Crippen LogP contribution in [0.25, 0.3) is 5.57 Å². The summed E-state index contributed by atoms with van der Waals surface area (Å²) < 4.78 is 13.0. The van der Waals surface area contributed by atoms with Gasteiger partial charge in [0, 0.05) is 18.3 Å². The summed E-state index contributed by atoms with van der Waals surface area (Å²) in [6.07, 6.45) is 9.74. The van der Waals surface area contributed by atoms with Crippen LogP contribution in [0.5, 0.6) is 0 Å². The van der Waals surface area contributed by atoms with Gasteiger partial charge in [-0.2, -0.15) is 0 Å². The highest BCUT2D eigenvalue weighted by molar-refractivity contribution is 5.61. The number of hydrogen-bond acceptors (Lipinski definition) is 1. The van der Waals surface area contributed by atoms with Crippen LogP contribution in [-0.2, 0) is 12.8 Å². The second-order valence-corrected chi connectivity index (χ2v) is 7.69. The Morgan fingerprint density at radius 1 is 1.07 bits per heavy atom. The summed E-state index contributed by atoms with van der Waals surface area (Å²) in [5, 5.41) is 0. The van der Waals surface area contributed by atoms with Crippen LogP contribution < -0.4 is 0 Å². The van der Waals surface area contributed by atoms with E-state index in [0.29, 0.717) is 6.04 Å². The largest absolute Gasteiger partial charge is 0.369 e. The molecule has 0 aliphatic carbocycles. The third-order valence-electron chi connectivity index (χ3n) is 5.49. The standard InChI is InChI=1S/C26H30FN/c1-20(2)24-13-9-23(10-14-24)18-19-28-21(3)8-17-26(28)7-5-4-6-22-11-15-25(27)16-12-22/h5,7,9-16,26H,1,3-4,6,8,17-19H2,2H3/b7-5+. The van der Waals surface area contributed by atoms with E-state index in [1.165, 1.54) is 34.5 Å². The zero-order valence-corrected chi connectivity index (χ0v) is 16.8. The van der Waals surface area contributed by atoms with Gasteiger partial charge in [-0.1, -0.05) is 67.3 Å². The molecule has 0 bridgehead atoms. The molecule has 1 saturated heterocycles. The molecule has 0 radical (unpaired) electrons. The molecule has 1 nitrogen and oxygen atoms in total. The van der Waals surface area contributed by atoms with E-state index in [1.54, 1.807) is 0 Å². The van der Waals surface area contributed by atoms with Crippen molar-refractivity contribution in [3.63, 3.8) is 0 Å². The predicted molar refractivity (Wildman–Crippen MR) is 118 cm³/mol. The third kappa shape index (κ3) is 5.45. The molecule has 1 heterocycles. The van der Waals surface area contributed by atoms with Crippen molar-refractivity contribution in [1.29, 1.82) is 0 Å². The predicted octanol–water partition coefficient (Wildman–Crippen LogP) is 6.57. The Morgan fingerprint density at radius 3 is 2.39 bits per heavy atom. The lowest BCUT2D eigenvalue weighted by molar-refractivity contribution is 0.340. The number of rotatable bonds is 8. The Morgan fingerprint density at radius 2 is 1.71 bits per heavy atom. The van der Waals surface area contributed by atoms with Gasteiger partial charge in [-0.25, -0.2) is 4.39 Å². The highest BCUT2D eigenvalue weighted by Gasteiger charge is 2.24. The van der Waals surface area contributed by atoms with Crippen LogP contribution in [0.2, 0.25) is 0 Å². The van der Waals surface area contributed by atoms with Crippen LogP contribution in [0.3, 0.4) is 0 Å². The average Bonchev–Trinajstić information content (AvgIpc) is 3.05. The molecule has 0 N–H and O–H groups in total. The van der Waals surface area contributed by atoms with Crippen LogP contribution >= 0.6 is 0 Å². The van der Waals surface area contributed by atoms with E-state index in [2.05, 4.69) is 54.5 Å². The first-order valence-corrected chi connectivity index (χ1v) is 10.1. The lowest BCUT2D eigenvalue weighted by atomic mass is 10.0. The number of aryl methyl sites for hydroxylation is 1. The van der Waals surface area contributed by atoms with Gasteiger partial charge in [0.05, 0.1) is 0 Å². The Balaban J connectivity index is 1.50. The van der Waals surface area contributed by atoms with Crippen LogP contribution in [0.4, 0.5) is 4.39 Å². The number of likely N-dealkylation sites (tertiary alicyclic amines) is 1. The van der Waals surface area contributed by atoms with Gasteiger partial charge in [0.1, 0.15) is 5.82 Å². The van der Waals surface area contributed by atoms with E-state index in [4.69, 9.17) is 0 Å². The second kappa shape index (κ2) is 9.54. The van der Waals surface area contributed by atoms with Crippen LogP contribution in [0.1, 0.15) is 42.9 Å². The molecule has 0 saturated carbocycles. The summed E-state index contributed by atoms with van der Waals surface area (Å²) in [4.78, 5) is 2.45. The van der Waals surface area contributed by atoms with Crippen molar-refractivity contribution in [3.05, 3.63) is 102 Å². The fourth-order valence-corrected chi connectivity index (χ4v) is 3.73. The maximum Gasteiger partial charge on any atom is 0.123 e. The topological polar surface area (TPSA) is 3.24 Å². The zero-order valence-electron chi connectivity index (χ0n) is 16.8. The number of allylic oxidation sites excluding steroid dienone is 3. The van der Waals surface area contributed by atoms with Crippen molar-refractivity contribution in [2.45, 2.75) is 45.1 Å². The molecule has 1 aliphatic heterocycles. The third-order valence-corrected chi connectivity index (χ3v) is 5.49. The van der Waals surface area contributed by atoms with E-state index in [1.807, 2.05) is 19.1 Å². The summed E-state index contributed by atoms with van der Waals surface area (Å²) in [7, 11) is 0. The van der Waals surface area contributed by atoms with Crippen molar-refractivity contribution in [2.24, 2.45) is 0 Å². The molecule has 1 aliphatic rings. The van der Waals surface area contributed by atoms with Crippen molar-refractivity contribution in [1.82, 2.24) is 4.90 Å². The molecule has 1 atom stereocenters. The maximum atomic E-state index is 13.0. The molecule has 1 unspecified atom stereocenters. The lowest BCUT2D eigenvalue weighted by Gasteiger charge is -2.25. The molecule has 2 aromatic carbocycles. The van der Waals surface area contributed by atoms with E-state index in [-0.39, 0.29) is 5.82 Å². The second-order valence-electron chi connectivity index (χ2n) is 7.69. The van der Waals surface area contributed by atoms with Gasteiger partial charge < -0.3 is 4.90 Å². The lowest BCUT2D eigenvalue weighted by Crippen LogP contribution is -2.28. The van der Waals surface area contributed by atoms with Gasteiger partial charge >= 0.3 is 0 Å². The summed E-state index contributed by atoms with van der Waals surface area (Å²) >= 11 is 0. The van der Waals surface area contributed by atoms with E-state index in [9.17, 15) is 4.39 Å². The summed E-state index contributed by atoms with van der Waals surface area (Å²) in [5.74, 6) is -0.173. The SMILES string of the molecule is C=C(C)c1ccc(CCN2C(=C)CCC2/C=C/CCc2ccc(F)cc2)cc1. The molecular formula is C26H30FN.